The van der Waals surface area contributed by atoms with Crippen molar-refractivity contribution in [3.63, 3.8) is 0 Å². The van der Waals surface area contributed by atoms with Gasteiger partial charge in [-0.15, -0.1) is 0 Å². The van der Waals surface area contributed by atoms with Crippen LogP contribution in [-0.4, -0.2) is 5.78 Å². The average molecular weight is 274 g/mol. The fourth-order valence-corrected chi connectivity index (χ4v) is 2.48. The van der Waals surface area contributed by atoms with Gasteiger partial charge < -0.3 is 0 Å². The Balaban J connectivity index is 2.30. The molecule has 0 unspecified atom stereocenters. The summed E-state index contributed by atoms with van der Waals surface area (Å²) >= 11 is 0. The Bertz CT molecular complexity index is 473. The molecule has 0 atom stereocenters. The highest BCUT2D eigenvalue weighted by molar-refractivity contribution is 5.98. The van der Waals surface area contributed by atoms with Crippen LogP contribution < -0.4 is 0 Å². The van der Waals surface area contributed by atoms with Crippen molar-refractivity contribution in [1.82, 2.24) is 0 Å². The summed E-state index contributed by atoms with van der Waals surface area (Å²) in [7, 11) is 0. The Morgan fingerprint density at radius 1 is 1.11 bits per heavy atom. The van der Waals surface area contributed by atoms with Crippen molar-refractivity contribution >= 4 is 5.78 Å². The highest BCUT2D eigenvalue weighted by Crippen LogP contribution is 2.32. The molecule has 0 heterocycles. The van der Waals surface area contributed by atoms with Gasteiger partial charge in [0.25, 0.3) is 0 Å². The molecule has 1 saturated carbocycles. The van der Waals surface area contributed by atoms with Crippen LogP contribution in [0.25, 0.3) is 0 Å². The monoisotopic (exact) mass is 274 g/mol. The molecule has 0 aromatic heterocycles. The lowest BCUT2D eigenvalue weighted by molar-refractivity contribution is -0.137. The molecular weight excluding hydrogens is 260 g/mol. The maximum Gasteiger partial charge on any atom is 0.416 e. The van der Waals surface area contributed by atoms with E-state index >= 15 is 0 Å². The van der Waals surface area contributed by atoms with Gasteiger partial charge in [-0.3, -0.25) is 4.79 Å². The van der Waals surface area contributed by atoms with Gasteiger partial charge in [0, 0.05) is 5.92 Å². The quantitative estimate of drug-likeness (QED) is 0.568. The number of carbonyl (C=O) groups excluding carboxylic acids is 1. The summed E-state index contributed by atoms with van der Waals surface area (Å²) in [4.78, 5) is 12.1. The zero-order valence-corrected chi connectivity index (χ0v) is 10.3. The second-order valence-electron chi connectivity index (χ2n) is 4.89. The Morgan fingerprint density at radius 3 is 2.32 bits per heavy atom. The maximum absolute atomic E-state index is 13.6. The zero-order chi connectivity index (χ0) is 14.0. The zero-order valence-electron chi connectivity index (χ0n) is 10.3. The summed E-state index contributed by atoms with van der Waals surface area (Å²) in [6, 6.07) is 2.01. The van der Waals surface area contributed by atoms with Gasteiger partial charge >= 0.3 is 6.18 Å². The molecule has 2 rings (SSSR count). The van der Waals surface area contributed by atoms with Gasteiger partial charge in [-0.1, -0.05) is 19.3 Å². The topological polar surface area (TPSA) is 17.1 Å². The first-order chi connectivity index (χ1) is 8.89. The van der Waals surface area contributed by atoms with E-state index < -0.39 is 28.9 Å². The van der Waals surface area contributed by atoms with Gasteiger partial charge in [0.1, 0.15) is 5.82 Å². The number of hydrogen-bond acceptors (Lipinski definition) is 1. The lowest BCUT2D eigenvalue weighted by Crippen LogP contribution is -2.20. The number of halogens is 4. The van der Waals surface area contributed by atoms with Crippen molar-refractivity contribution in [1.29, 1.82) is 0 Å². The molecule has 1 aromatic carbocycles. The first kappa shape index (κ1) is 14.0. The molecule has 0 radical (unpaired) electrons. The SMILES string of the molecule is O=C(c1cc(C(F)(F)F)ccc1F)C1CCCCC1. The summed E-state index contributed by atoms with van der Waals surface area (Å²) in [5.41, 5.74) is -1.41. The minimum atomic E-state index is -4.56. The third kappa shape index (κ3) is 3.14. The number of ketones is 1. The predicted octanol–water partition coefficient (Wildman–Crippen LogP) is 4.61. The van der Waals surface area contributed by atoms with Crippen LogP contribution in [-0.2, 0) is 6.18 Å². The molecule has 104 valence electrons. The standard InChI is InChI=1S/C14H14F4O/c15-12-7-6-10(14(16,17)18)8-11(12)13(19)9-4-2-1-3-5-9/h6-9H,1-5H2. The smallest absolute Gasteiger partial charge is 0.294 e. The predicted molar refractivity (Wildman–Crippen MR) is 62.3 cm³/mol. The van der Waals surface area contributed by atoms with Crippen molar-refractivity contribution in [2.45, 2.75) is 38.3 Å². The number of hydrogen-bond donors (Lipinski definition) is 0. The van der Waals surface area contributed by atoms with Crippen LogP contribution in [0.2, 0.25) is 0 Å². The molecule has 0 bridgehead atoms. The summed E-state index contributed by atoms with van der Waals surface area (Å²) in [5, 5.41) is 0. The van der Waals surface area contributed by atoms with E-state index in [1.54, 1.807) is 0 Å². The molecular formula is C14H14F4O. The Morgan fingerprint density at radius 2 is 1.74 bits per heavy atom. The van der Waals surface area contributed by atoms with E-state index in [1.165, 1.54) is 0 Å². The van der Waals surface area contributed by atoms with Gasteiger partial charge in [0.2, 0.25) is 0 Å². The molecule has 0 spiro atoms. The third-order valence-corrected chi connectivity index (χ3v) is 3.54. The molecule has 0 N–H and O–H groups in total. The number of carbonyl (C=O) groups is 1. The van der Waals surface area contributed by atoms with Gasteiger partial charge in [0.05, 0.1) is 11.1 Å². The van der Waals surface area contributed by atoms with Crippen molar-refractivity contribution in [2.75, 3.05) is 0 Å². The summed E-state index contributed by atoms with van der Waals surface area (Å²) < 4.78 is 51.3. The summed E-state index contributed by atoms with van der Waals surface area (Å²) in [6.07, 6.45) is -0.527. The first-order valence-electron chi connectivity index (χ1n) is 6.30. The fourth-order valence-electron chi connectivity index (χ4n) is 2.48. The highest BCUT2D eigenvalue weighted by Gasteiger charge is 2.33. The van der Waals surface area contributed by atoms with Gasteiger partial charge in [-0.05, 0) is 31.0 Å². The molecule has 1 fully saturated rings. The molecule has 1 aliphatic rings. The Hall–Kier alpha value is -1.39. The lowest BCUT2D eigenvalue weighted by atomic mass is 9.83. The molecule has 1 aromatic rings. The second kappa shape index (κ2) is 5.31. The van der Waals surface area contributed by atoms with Crippen molar-refractivity contribution in [3.05, 3.63) is 35.1 Å². The van der Waals surface area contributed by atoms with E-state index in [-0.39, 0.29) is 5.92 Å². The van der Waals surface area contributed by atoms with Crippen molar-refractivity contribution in [2.24, 2.45) is 5.92 Å². The second-order valence-corrected chi connectivity index (χ2v) is 4.89. The van der Waals surface area contributed by atoms with Crippen LogP contribution in [0.1, 0.15) is 48.0 Å². The van der Waals surface area contributed by atoms with E-state index in [9.17, 15) is 22.4 Å². The lowest BCUT2D eigenvalue weighted by Gasteiger charge is -2.21. The largest absolute Gasteiger partial charge is 0.416 e. The van der Waals surface area contributed by atoms with Crippen LogP contribution in [0, 0.1) is 11.7 Å². The molecule has 1 aliphatic carbocycles. The Labute approximate surface area is 108 Å². The van der Waals surface area contributed by atoms with Gasteiger partial charge in [0.15, 0.2) is 5.78 Å². The Kier molecular flexibility index (Phi) is 3.92. The number of Topliss-reactive ketones (excluding diaryl/α,β-unsaturated/α-hetero) is 1. The molecule has 0 amide bonds. The van der Waals surface area contributed by atoms with E-state index in [2.05, 4.69) is 0 Å². The summed E-state index contributed by atoms with van der Waals surface area (Å²) in [5.74, 6) is -1.71. The molecule has 0 saturated heterocycles. The third-order valence-electron chi connectivity index (χ3n) is 3.54. The van der Waals surface area contributed by atoms with Crippen LogP contribution >= 0.6 is 0 Å². The van der Waals surface area contributed by atoms with E-state index in [0.29, 0.717) is 25.0 Å². The van der Waals surface area contributed by atoms with Crippen molar-refractivity contribution < 1.29 is 22.4 Å². The number of rotatable bonds is 2. The number of benzene rings is 1. The molecule has 0 aliphatic heterocycles. The highest BCUT2D eigenvalue weighted by atomic mass is 19.4. The average Bonchev–Trinajstić information content (AvgIpc) is 2.38. The van der Waals surface area contributed by atoms with Crippen LogP contribution in [0.4, 0.5) is 17.6 Å². The van der Waals surface area contributed by atoms with E-state index in [0.717, 1.165) is 25.3 Å². The first-order valence-corrected chi connectivity index (χ1v) is 6.30. The molecule has 5 heteroatoms. The minimum absolute atomic E-state index is 0.341. The van der Waals surface area contributed by atoms with Crippen molar-refractivity contribution in [3.8, 4) is 0 Å². The minimum Gasteiger partial charge on any atom is -0.294 e. The normalized spacial score (nSPS) is 17.5. The van der Waals surface area contributed by atoms with Gasteiger partial charge in [-0.25, -0.2) is 4.39 Å². The molecule has 19 heavy (non-hydrogen) atoms. The van der Waals surface area contributed by atoms with Crippen LogP contribution in [0.5, 0.6) is 0 Å². The van der Waals surface area contributed by atoms with Gasteiger partial charge in [-0.2, -0.15) is 13.2 Å². The number of alkyl halides is 3. The maximum atomic E-state index is 13.6. The van der Waals surface area contributed by atoms with Crippen LogP contribution in [0.3, 0.4) is 0 Å². The van der Waals surface area contributed by atoms with E-state index in [1.807, 2.05) is 0 Å². The summed E-state index contributed by atoms with van der Waals surface area (Å²) in [6.45, 7) is 0. The molecule has 1 nitrogen and oxygen atoms in total. The van der Waals surface area contributed by atoms with Crippen LogP contribution in [0.15, 0.2) is 18.2 Å². The van der Waals surface area contributed by atoms with E-state index in [4.69, 9.17) is 0 Å². The fraction of sp³-hybridized carbons (Fsp3) is 0.500.